The molecule has 0 fully saturated rings. The average Bonchev–Trinajstić information content (AvgIpc) is 2.86. The topological polar surface area (TPSA) is 68.0 Å². The van der Waals surface area contributed by atoms with E-state index in [0.717, 1.165) is 15.6 Å². The summed E-state index contributed by atoms with van der Waals surface area (Å²) in [5.74, 6) is -0.148. The largest absolute Gasteiger partial charge is 0.397 e. The summed E-state index contributed by atoms with van der Waals surface area (Å²) in [4.78, 5) is 17.0. The summed E-state index contributed by atoms with van der Waals surface area (Å²) in [5.41, 5.74) is 7.66. The van der Waals surface area contributed by atoms with E-state index in [1.54, 1.807) is 12.4 Å². The van der Waals surface area contributed by atoms with Crippen LogP contribution >= 0.6 is 11.3 Å². The first-order chi connectivity index (χ1) is 10.2. The first-order valence-electron chi connectivity index (χ1n) is 6.64. The maximum atomic E-state index is 12.4. The Balaban J connectivity index is 1.86. The zero-order valence-corrected chi connectivity index (χ0v) is 12.4. The van der Waals surface area contributed by atoms with Gasteiger partial charge < -0.3 is 11.1 Å². The maximum absolute atomic E-state index is 12.4. The monoisotopic (exact) mass is 297 g/mol. The Morgan fingerprint density at radius 2 is 2.05 bits per heavy atom. The SMILES string of the molecule is CC(NC(=O)c1sc2cnccc2c1N)c1ccccc1. The van der Waals surface area contributed by atoms with Crippen molar-refractivity contribution >= 4 is 33.0 Å². The van der Waals surface area contributed by atoms with Gasteiger partial charge in [0.15, 0.2) is 0 Å². The second kappa shape index (κ2) is 5.54. The lowest BCUT2D eigenvalue weighted by atomic mass is 10.1. The normalized spacial score (nSPS) is 12.2. The van der Waals surface area contributed by atoms with Gasteiger partial charge in [0.05, 0.1) is 16.4 Å². The van der Waals surface area contributed by atoms with Gasteiger partial charge in [0.1, 0.15) is 4.88 Å². The van der Waals surface area contributed by atoms with E-state index in [-0.39, 0.29) is 11.9 Å². The first-order valence-corrected chi connectivity index (χ1v) is 7.46. The molecule has 1 amide bonds. The van der Waals surface area contributed by atoms with Crippen LogP contribution in [0.2, 0.25) is 0 Å². The van der Waals surface area contributed by atoms with Crippen LogP contribution in [0.5, 0.6) is 0 Å². The molecule has 0 saturated heterocycles. The second-order valence-electron chi connectivity index (χ2n) is 4.82. The van der Waals surface area contributed by atoms with Gasteiger partial charge in [-0.1, -0.05) is 30.3 Å². The molecule has 0 radical (unpaired) electrons. The van der Waals surface area contributed by atoms with Crippen LogP contribution in [0.25, 0.3) is 10.1 Å². The molecule has 0 saturated carbocycles. The number of pyridine rings is 1. The van der Waals surface area contributed by atoms with E-state index in [2.05, 4.69) is 10.3 Å². The highest BCUT2D eigenvalue weighted by molar-refractivity contribution is 7.21. The van der Waals surface area contributed by atoms with E-state index >= 15 is 0 Å². The number of hydrogen-bond acceptors (Lipinski definition) is 4. The molecule has 4 nitrogen and oxygen atoms in total. The summed E-state index contributed by atoms with van der Waals surface area (Å²) < 4.78 is 0.924. The number of rotatable bonds is 3. The van der Waals surface area contributed by atoms with E-state index in [4.69, 9.17) is 5.73 Å². The molecule has 0 bridgehead atoms. The molecule has 5 heteroatoms. The number of benzene rings is 1. The van der Waals surface area contributed by atoms with Crippen LogP contribution in [0.4, 0.5) is 5.69 Å². The molecule has 0 aliphatic rings. The number of anilines is 1. The number of carbonyl (C=O) groups excluding carboxylic acids is 1. The molecular weight excluding hydrogens is 282 g/mol. The van der Waals surface area contributed by atoms with Crippen molar-refractivity contribution in [2.75, 3.05) is 5.73 Å². The van der Waals surface area contributed by atoms with Gasteiger partial charge >= 0.3 is 0 Å². The zero-order chi connectivity index (χ0) is 14.8. The Kier molecular flexibility index (Phi) is 3.58. The van der Waals surface area contributed by atoms with Gasteiger partial charge in [-0.15, -0.1) is 11.3 Å². The molecule has 0 aliphatic carbocycles. The minimum atomic E-state index is -0.148. The van der Waals surface area contributed by atoms with Crippen LogP contribution in [-0.2, 0) is 0 Å². The summed E-state index contributed by atoms with van der Waals surface area (Å²) in [6.45, 7) is 1.96. The smallest absolute Gasteiger partial charge is 0.263 e. The van der Waals surface area contributed by atoms with Crippen molar-refractivity contribution < 1.29 is 4.79 Å². The summed E-state index contributed by atoms with van der Waals surface area (Å²) in [7, 11) is 0. The van der Waals surface area contributed by atoms with Crippen LogP contribution in [0.15, 0.2) is 48.8 Å². The highest BCUT2D eigenvalue weighted by atomic mass is 32.1. The van der Waals surface area contributed by atoms with Crippen molar-refractivity contribution in [2.45, 2.75) is 13.0 Å². The molecule has 3 rings (SSSR count). The molecule has 3 N–H and O–H groups in total. The van der Waals surface area contributed by atoms with Gasteiger partial charge in [-0.05, 0) is 18.6 Å². The van der Waals surface area contributed by atoms with Gasteiger partial charge in [-0.25, -0.2) is 0 Å². The fraction of sp³-hybridized carbons (Fsp3) is 0.125. The standard InChI is InChI=1S/C16H15N3OS/c1-10(11-5-3-2-4-6-11)19-16(20)15-14(17)12-7-8-18-9-13(12)21-15/h2-10H,17H2,1H3,(H,19,20). The third kappa shape index (κ3) is 2.60. The molecule has 1 atom stereocenters. The summed E-state index contributed by atoms with van der Waals surface area (Å²) >= 11 is 1.37. The number of nitrogens with two attached hydrogens (primary N) is 1. The number of aromatic nitrogens is 1. The van der Waals surface area contributed by atoms with Crippen molar-refractivity contribution in [2.24, 2.45) is 0 Å². The molecule has 1 unspecified atom stereocenters. The van der Waals surface area contributed by atoms with Crippen molar-refractivity contribution in [3.63, 3.8) is 0 Å². The van der Waals surface area contributed by atoms with Crippen molar-refractivity contribution in [3.8, 4) is 0 Å². The Morgan fingerprint density at radius 1 is 1.29 bits per heavy atom. The second-order valence-corrected chi connectivity index (χ2v) is 5.87. The Bertz CT molecular complexity index is 783. The van der Waals surface area contributed by atoms with Crippen molar-refractivity contribution in [1.82, 2.24) is 10.3 Å². The highest BCUT2D eigenvalue weighted by Crippen LogP contribution is 2.33. The molecule has 21 heavy (non-hydrogen) atoms. The fourth-order valence-electron chi connectivity index (χ4n) is 2.23. The minimum Gasteiger partial charge on any atom is -0.397 e. The van der Waals surface area contributed by atoms with Gasteiger partial charge in [0, 0.05) is 17.8 Å². The molecule has 2 heterocycles. The van der Waals surface area contributed by atoms with E-state index in [1.807, 2.05) is 43.3 Å². The van der Waals surface area contributed by atoms with E-state index in [0.29, 0.717) is 10.6 Å². The zero-order valence-electron chi connectivity index (χ0n) is 11.5. The first kappa shape index (κ1) is 13.6. The lowest BCUT2D eigenvalue weighted by Crippen LogP contribution is -2.26. The number of nitrogens with zero attached hydrogens (tertiary/aromatic N) is 1. The lowest BCUT2D eigenvalue weighted by Gasteiger charge is -2.13. The average molecular weight is 297 g/mol. The summed E-state index contributed by atoms with van der Waals surface area (Å²) in [6.07, 6.45) is 3.41. The molecular formula is C16H15N3OS. The van der Waals surface area contributed by atoms with E-state index in [1.165, 1.54) is 11.3 Å². The third-order valence-corrected chi connectivity index (χ3v) is 4.54. The van der Waals surface area contributed by atoms with Gasteiger partial charge in [-0.3, -0.25) is 9.78 Å². The number of nitrogens with one attached hydrogen (secondary N) is 1. The number of hydrogen-bond donors (Lipinski definition) is 2. The van der Waals surface area contributed by atoms with Crippen molar-refractivity contribution in [3.05, 3.63) is 59.2 Å². The van der Waals surface area contributed by atoms with Crippen LogP contribution in [0, 0.1) is 0 Å². The number of fused-ring (bicyclic) bond motifs is 1. The Labute approximate surface area is 126 Å². The summed E-state index contributed by atoms with van der Waals surface area (Å²) in [6, 6.07) is 11.6. The third-order valence-electron chi connectivity index (χ3n) is 3.38. The van der Waals surface area contributed by atoms with Crippen molar-refractivity contribution in [1.29, 1.82) is 0 Å². The van der Waals surface area contributed by atoms with Gasteiger partial charge in [-0.2, -0.15) is 0 Å². The van der Waals surface area contributed by atoms with Crippen LogP contribution in [0.1, 0.15) is 28.2 Å². The Morgan fingerprint density at radius 3 is 2.76 bits per heavy atom. The lowest BCUT2D eigenvalue weighted by molar-refractivity contribution is 0.0945. The maximum Gasteiger partial charge on any atom is 0.263 e. The van der Waals surface area contributed by atoms with Crippen LogP contribution in [0.3, 0.4) is 0 Å². The molecule has 106 valence electrons. The molecule has 1 aromatic carbocycles. The van der Waals surface area contributed by atoms with Gasteiger partial charge in [0.2, 0.25) is 0 Å². The number of nitrogen functional groups attached to an aromatic ring is 1. The quantitative estimate of drug-likeness (QED) is 0.779. The predicted octanol–water partition coefficient (Wildman–Crippen LogP) is 3.37. The van der Waals surface area contributed by atoms with E-state index < -0.39 is 0 Å². The summed E-state index contributed by atoms with van der Waals surface area (Å²) in [5, 5.41) is 3.87. The molecule has 3 aromatic rings. The number of thiophene rings is 1. The molecule has 0 spiro atoms. The minimum absolute atomic E-state index is 0.0681. The molecule has 2 aromatic heterocycles. The van der Waals surface area contributed by atoms with Crippen LogP contribution in [-0.4, -0.2) is 10.9 Å². The fourth-order valence-corrected chi connectivity index (χ4v) is 3.22. The molecule has 0 aliphatic heterocycles. The predicted molar refractivity (Wildman–Crippen MR) is 86.4 cm³/mol. The number of amides is 1. The Hall–Kier alpha value is -2.40. The number of carbonyl (C=O) groups is 1. The van der Waals surface area contributed by atoms with E-state index in [9.17, 15) is 4.79 Å². The van der Waals surface area contributed by atoms with Crippen LogP contribution < -0.4 is 11.1 Å². The highest BCUT2D eigenvalue weighted by Gasteiger charge is 2.18. The van der Waals surface area contributed by atoms with Gasteiger partial charge in [0.25, 0.3) is 5.91 Å².